The summed E-state index contributed by atoms with van der Waals surface area (Å²) in [6.45, 7) is 2.03. The van der Waals surface area contributed by atoms with Crippen molar-refractivity contribution in [2.24, 2.45) is 5.92 Å². The van der Waals surface area contributed by atoms with Gasteiger partial charge in [-0.05, 0) is 25.0 Å². The molecule has 5 nitrogen and oxygen atoms in total. The summed E-state index contributed by atoms with van der Waals surface area (Å²) in [7, 11) is 0. The van der Waals surface area contributed by atoms with Crippen LogP contribution in [0.5, 0.6) is 0 Å². The maximum atomic E-state index is 9.04. The van der Waals surface area contributed by atoms with Crippen LogP contribution in [-0.2, 0) is 0 Å². The van der Waals surface area contributed by atoms with E-state index >= 15 is 0 Å². The van der Waals surface area contributed by atoms with Gasteiger partial charge in [-0.2, -0.15) is 10.5 Å². The maximum Gasteiger partial charge on any atom is 0.210 e. The first-order valence-electron chi connectivity index (χ1n) is 6.78. The molecule has 0 saturated carbocycles. The van der Waals surface area contributed by atoms with Crippen molar-refractivity contribution < 1.29 is 0 Å². The number of benzene rings is 1. The number of aromatic nitrogens is 2. The van der Waals surface area contributed by atoms with E-state index in [0.717, 1.165) is 20.7 Å². The molecule has 1 atom stereocenters. The Hall–Kier alpha value is -2.09. The number of hydrogen-bond acceptors (Lipinski definition) is 7. The van der Waals surface area contributed by atoms with E-state index in [2.05, 4.69) is 27.7 Å². The Morgan fingerprint density at radius 1 is 1.32 bits per heavy atom. The quantitative estimate of drug-likeness (QED) is 0.769. The third-order valence-corrected chi connectivity index (χ3v) is 5.12. The molecule has 7 heteroatoms. The molecular formula is C15H15N5S2. The second kappa shape index (κ2) is 8.38. The first-order chi connectivity index (χ1) is 10.7. The summed E-state index contributed by atoms with van der Waals surface area (Å²) in [6.07, 6.45) is 1.02. The molecule has 1 heterocycles. The topological polar surface area (TPSA) is 85.4 Å². The van der Waals surface area contributed by atoms with E-state index < -0.39 is 0 Å². The Bertz CT molecular complexity index is 698. The van der Waals surface area contributed by atoms with Crippen molar-refractivity contribution in [3.63, 3.8) is 0 Å². The molecule has 0 saturated heterocycles. The number of aryl methyl sites for hydroxylation is 1. The van der Waals surface area contributed by atoms with E-state index in [9.17, 15) is 0 Å². The lowest BCUT2D eigenvalue weighted by molar-refractivity contribution is 0.685. The lowest BCUT2D eigenvalue weighted by Crippen LogP contribution is -1.99. The SMILES string of the molecule is Cc1ccccc1Nc1nnc(SCC(C#N)CCC#N)s1. The Kier molecular flexibility index (Phi) is 6.20. The Morgan fingerprint density at radius 2 is 2.14 bits per heavy atom. The number of hydrogen-bond donors (Lipinski definition) is 1. The number of anilines is 2. The zero-order chi connectivity index (χ0) is 15.8. The second-order valence-electron chi connectivity index (χ2n) is 4.65. The van der Waals surface area contributed by atoms with Crippen LogP contribution in [0.1, 0.15) is 18.4 Å². The fourth-order valence-corrected chi connectivity index (χ4v) is 3.59. The zero-order valence-electron chi connectivity index (χ0n) is 12.1. The predicted octanol–water partition coefficient (Wildman–Crippen LogP) is 4.13. The number of nitrogens with one attached hydrogen (secondary N) is 1. The molecule has 2 aromatic rings. The number of nitrogens with zero attached hydrogens (tertiary/aromatic N) is 4. The molecule has 0 amide bonds. The molecule has 1 aromatic carbocycles. The zero-order valence-corrected chi connectivity index (χ0v) is 13.7. The Balaban J connectivity index is 1.91. The number of para-hydroxylation sites is 1. The van der Waals surface area contributed by atoms with Crippen LogP contribution in [0, 0.1) is 35.5 Å². The van der Waals surface area contributed by atoms with Gasteiger partial charge in [-0.25, -0.2) is 0 Å². The molecule has 1 N–H and O–H groups in total. The molecule has 2 rings (SSSR count). The van der Waals surface area contributed by atoms with Gasteiger partial charge < -0.3 is 5.32 Å². The molecule has 0 radical (unpaired) electrons. The van der Waals surface area contributed by atoms with E-state index in [1.54, 1.807) is 0 Å². The summed E-state index contributed by atoms with van der Waals surface area (Å²) < 4.78 is 0.827. The smallest absolute Gasteiger partial charge is 0.210 e. The average molecular weight is 329 g/mol. The van der Waals surface area contributed by atoms with Crippen LogP contribution < -0.4 is 5.32 Å². The largest absolute Gasteiger partial charge is 0.330 e. The van der Waals surface area contributed by atoms with Gasteiger partial charge in [0.05, 0.1) is 18.1 Å². The minimum absolute atomic E-state index is 0.124. The lowest BCUT2D eigenvalue weighted by atomic mass is 10.1. The van der Waals surface area contributed by atoms with Crippen molar-refractivity contribution in [3.05, 3.63) is 29.8 Å². The molecular weight excluding hydrogens is 314 g/mol. The summed E-state index contributed by atoms with van der Waals surface area (Å²) in [4.78, 5) is 0. The van der Waals surface area contributed by atoms with E-state index in [0.29, 0.717) is 18.6 Å². The van der Waals surface area contributed by atoms with E-state index in [4.69, 9.17) is 10.5 Å². The van der Waals surface area contributed by atoms with Crippen molar-refractivity contribution >= 4 is 33.9 Å². The highest BCUT2D eigenvalue weighted by atomic mass is 32.2. The van der Waals surface area contributed by atoms with Crippen LogP contribution in [-0.4, -0.2) is 16.0 Å². The molecule has 0 bridgehead atoms. The van der Waals surface area contributed by atoms with Gasteiger partial charge in [-0.1, -0.05) is 41.3 Å². The van der Waals surface area contributed by atoms with Crippen molar-refractivity contribution in [2.45, 2.75) is 24.1 Å². The fraction of sp³-hybridized carbons (Fsp3) is 0.333. The van der Waals surface area contributed by atoms with Crippen LogP contribution in [0.15, 0.2) is 28.6 Å². The van der Waals surface area contributed by atoms with Crippen molar-refractivity contribution in [3.8, 4) is 12.1 Å². The van der Waals surface area contributed by atoms with Crippen LogP contribution in [0.4, 0.5) is 10.8 Å². The molecule has 0 fully saturated rings. The molecule has 0 aliphatic heterocycles. The van der Waals surface area contributed by atoms with Gasteiger partial charge in [0.25, 0.3) is 0 Å². The predicted molar refractivity (Wildman–Crippen MR) is 89.0 cm³/mol. The first kappa shape index (κ1) is 16.3. The monoisotopic (exact) mass is 329 g/mol. The fourth-order valence-electron chi connectivity index (χ4n) is 1.74. The van der Waals surface area contributed by atoms with Crippen molar-refractivity contribution in [2.75, 3.05) is 11.1 Å². The highest BCUT2D eigenvalue weighted by Crippen LogP contribution is 2.30. The van der Waals surface area contributed by atoms with Gasteiger partial charge in [0.15, 0.2) is 4.34 Å². The molecule has 22 heavy (non-hydrogen) atoms. The molecule has 1 aromatic heterocycles. The maximum absolute atomic E-state index is 9.04. The van der Waals surface area contributed by atoms with E-state index in [1.165, 1.54) is 23.1 Å². The van der Waals surface area contributed by atoms with Gasteiger partial charge in [0.2, 0.25) is 5.13 Å². The van der Waals surface area contributed by atoms with Gasteiger partial charge in [-0.3, -0.25) is 0 Å². The lowest BCUT2D eigenvalue weighted by Gasteiger charge is -2.05. The average Bonchev–Trinajstić information content (AvgIpc) is 2.97. The summed E-state index contributed by atoms with van der Waals surface area (Å²) in [5.41, 5.74) is 2.16. The van der Waals surface area contributed by atoms with Crippen molar-refractivity contribution in [1.82, 2.24) is 10.2 Å². The molecule has 0 aliphatic rings. The summed E-state index contributed by atoms with van der Waals surface area (Å²) >= 11 is 2.98. The van der Waals surface area contributed by atoms with Crippen LogP contribution in [0.25, 0.3) is 0 Å². The second-order valence-corrected chi connectivity index (χ2v) is 6.89. The summed E-state index contributed by atoms with van der Waals surface area (Å²) in [6, 6.07) is 12.3. The number of rotatable bonds is 7. The highest BCUT2D eigenvalue weighted by molar-refractivity contribution is 8.01. The third kappa shape index (κ3) is 4.73. The van der Waals surface area contributed by atoms with E-state index in [-0.39, 0.29) is 5.92 Å². The van der Waals surface area contributed by atoms with Gasteiger partial charge >= 0.3 is 0 Å². The number of thioether (sulfide) groups is 1. The minimum Gasteiger partial charge on any atom is -0.330 e. The van der Waals surface area contributed by atoms with Crippen molar-refractivity contribution in [1.29, 1.82) is 10.5 Å². The van der Waals surface area contributed by atoms with Gasteiger partial charge in [0.1, 0.15) is 0 Å². The Labute approximate surface area is 138 Å². The third-order valence-electron chi connectivity index (χ3n) is 2.99. The normalized spacial score (nSPS) is 11.4. The van der Waals surface area contributed by atoms with Gasteiger partial charge in [-0.15, -0.1) is 10.2 Å². The summed E-state index contributed by atoms with van der Waals surface area (Å²) in [5.74, 6) is 0.512. The van der Waals surface area contributed by atoms with E-state index in [1.807, 2.05) is 31.2 Å². The molecule has 1 unspecified atom stereocenters. The first-order valence-corrected chi connectivity index (χ1v) is 8.58. The standard InChI is InChI=1S/C15H15N5S2/c1-11-5-2-3-7-13(11)18-14-19-20-15(22-14)21-10-12(9-17)6-4-8-16/h2-3,5,7,12H,4,6,10H2,1H3,(H,18,19). The number of nitriles is 2. The Morgan fingerprint density at radius 3 is 2.86 bits per heavy atom. The summed E-state index contributed by atoms with van der Waals surface area (Å²) in [5, 5.41) is 29.8. The minimum atomic E-state index is -0.124. The molecule has 112 valence electrons. The highest BCUT2D eigenvalue weighted by Gasteiger charge is 2.11. The van der Waals surface area contributed by atoms with Crippen LogP contribution in [0.3, 0.4) is 0 Å². The molecule has 0 aliphatic carbocycles. The van der Waals surface area contributed by atoms with Gasteiger partial charge in [0, 0.05) is 17.9 Å². The molecule has 0 spiro atoms. The van der Waals surface area contributed by atoms with Crippen LogP contribution in [0.2, 0.25) is 0 Å². The van der Waals surface area contributed by atoms with Crippen LogP contribution >= 0.6 is 23.1 Å².